The highest BCUT2D eigenvalue weighted by Crippen LogP contribution is 2.24. The average molecular weight is 314 g/mol. The number of carbonyl (C=O) groups excluding carboxylic acids is 1. The molecule has 0 bridgehead atoms. The van der Waals surface area contributed by atoms with E-state index in [2.05, 4.69) is 10.3 Å². The van der Waals surface area contributed by atoms with E-state index < -0.39 is 5.97 Å². The van der Waals surface area contributed by atoms with E-state index in [0.717, 1.165) is 5.56 Å². The van der Waals surface area contributed by atoms with Gasteiger partial charge in [0.2, 0.25) is 0 Å². The second-order valence-corrected chi connectivity index (χ2v) is 4.81. The number of nitrogens with zero attached hydrogens (tertiary/aromatic N) is 2. The maximum atomic E-state index is 11.8. The normalized spacial score (nSPS) is 10.5. The summed E-state index contributed by atoms with van der Waals surface area (Å²) in [4.78, 5) is 11.8. The van der Waals surface area contributed by atoms with Crippen LogP contribution < -0.4 is 4.74 Å². The predicted octanol–water partition coefficient (Wildman–Crippen LogP) is 3.00. The fourth-order valence-electron chi connectivity index (χ4n) is 1.97. The number of esters is 1. The van der Waals surface area contributed by atoms with Crippen LogP contribution in [0.15, 0.2) is 45.4 Å². The van der Waals surface area contributed by atoms with Gasteiger partial charge < -0.3 is 18.5 Å². The number of aryl methyl sites for hydroxylation is 1. The van der Waals surface area contributed by atoms with Gasteiger partial charge in [-0.25, -0.2) is 4.79 Å². The van der Waals surface area contributed by atoms with Crippen LogP contribution in [0.3, 0.4) is 0 Å². The predicted molar refractivity (Wildman–Crippen MR) is 78.9 cm³/mol. The molecule has 0 fully saturated rings. The molecule has 2 aromatic heterocycles. The minimum Gasteiger partial charge on any atom is -0.497 e. The van der Waals surface area contributed by atoms with E-state index >= 15 is 0 Å². The van der Waals surface area contributed by atoms with E-state index in [1.807, 2.05) is 24.3 Å². The van der Waals surface area contributed by atoms with E-state index in [1.165, 1.54) is 6.07 Å². The van der Waals surface area contributed by atoms with Crippen molar-refractivity contribution in [1.29, 1.82) is 0 Å². The number of ether oxygens (including phenoxy) is 2. The molecule has 0 spiro atoms. The number of hydrogen-bond donors (Lipinski definition) is 0. The molecule has 0 saturated carbocycles. The third kappa shape index (κ3) is 3.39. The molecule has 118 valence electrons. The van der Waals surface area contributed by atoms with Gasteiger partial charge in [0.05, 0.1) is 7.11 Å². The van der Waals surface area contributed by atoms with Gasteiger partial charge in [0.25, 0.3) is 0 Å². The van der Waals surface area contributed by atoms with Gasteiger partial charge in [-0.1, -0.05) is 22.4 Å². The molecule has 7 heteroatoms. The summed E-state index contributed by atoms with van der Waals surface area (Å²) in [6, 6.07) is 10.6. The third-order valence-electron chi connectivity index (χ3n) is 3.10. The van der Waals surface area contributed by atoms with E-state index in [-0.39, 0.29) is 12.3 Å². The second kappa shape index (κ2) is 6.35. The summed E-state index contributed by atoms with van der Waals surface area (Å²) in [5.41, 5.74) is 1.44. The lowest BCUT2D eigenvalue weighted by atomic mass is 10.1. The standard InChI is InChI=1S/C16H14N2O5/c1-10-6-14(18-22-10)16(19)21-9-12-8-15(23-17-12)11-4-3-5-13(7-11)20-2/h3-8H,9H2,1-2H3. The fraction of sp³-hybridized carbons (Fsp3) is 0.188. The van der Waals surface area contributed by atoms with Crippen molar-refractivity contribution in [3.63, 3.8) is 0 Å². The molecule has 0 radical (unpaired) electrons. The Hall–Kier alpha value is -3.09. The van der Waals surface area contributed by atoms with Crippen LogP contribution in [0.5, 0.6) is 5.75 Å². The lowest BCUT2D eigenvalue weighted by molar-refractivity contribution is 0.0452. The van der Waals surface area contributed by atoms with Gasteiger partial charge in [0, 0.05) is 17.7 Å². The van der Waals surface area contributed by atoms with Gasteiger partial charge in [0.15, 0.2) is 11.5 Å². The van der Waals surface area contributed by atoms with E-state index in [0.29, 0.717) is 23.0 Å². The number of aromatic nitrogens is 2. The smallest absolute Gasteiger partial charge is 0.360 e. The van der Waals surface area contributed by atoms with Crippen molar-refractivity contribution in [2.45, 2.75) is 13.5 Å². The molecule has 3 aromatic rings. The van der Waals surface area contributed by atoms with E-state index in [1.54, 1.807) is 20.1 Å². The van der Waals surface area contributed by atoms with Crippen LogP contribution in [-0.2, 0) is 11.3 Å². The summed E-state index contributed by atoms with van der Waals surface area (Å²) >= 11 is 0. The lowest BCUT2D eigenvalue weighted by Crippen LogP contribution is -2.05. The number of rotatable bonds is 5. The lowest BCUT2D eigenvalue weighted by Gasteiger charge is -2.00. The van der Waals surface area contributed by atoms with Gasteiger partial charge in [-0.2, -0.15) is 0 Å². The Kier molecular flexibility index (Phi) is 4.09. The Bertz CT molecular complexity index is 821. The molecular formula is C16H14N2O5. The molecule has 2 heterocycles. The van der Waals surface area contributed by atoms with Gasteiger partial charge >= 0.3 is 5.97 Å². The first kappa shape index (κ1) is 14.8. The maximum Gasteiger partial charge on any atom is 0.360 e. The molecule has 1 aromatic carbocycles. The molecule has 0 N–H and O–H groups in total. The fourth-order valence-corrected chi connectivity index (χ4v) is 1.97. The molecule has 0 unspecified atom stereocenters. The summed E-state index contributed by atoms with van der Waals surface area (Å²) in [6.45, 7) is 1.68. The largest absolute Gasteiger partial charge is 0.497 e. The zero-order valence-corrected chi connectivity index (χ0v) is 12.6. The van der Waals surface area contributed by atoms with Gasteiger partial charge in [-0.05, 0) is 19.1 Å². The van der Waals surface area contributed by atoms with Crippen LogP contribution in [0.2, 0.25) is 0 Å². The van der Waals surface area contributed by atoms with Crippen molar-refractivity contribution < 1.29 is 23.3 Å². The molecule has 0 aliphatic carbocycles. The van der Waals surface area contributed by atoms with Crippen molar-refractivity contribution in [2.75, 3.05) is 7.11 Å². The molecule has 0 saturated heterocycles. The number of methoxy groups -OCH3 is 1. The monoisotopic (exact) mass is 314 g/mol. The Balaban J connectivity index is 1.66. The molecule has 0 atom stereocenters. The number of hydrogen-bond acceptors (Lipinski definition) is 7. The molecule has 0 amide bonds. The molecule has 23 heavy (non-hydrogen) atoms. The highest BCUT2D eigenvalue weighted by molar-refractivity contribution is 5.87. The highest BCUT2D eigenvalue weighted by atomic mass is 16.5. The van der Waals surface area contributed by atoms with Crippen LogP contribution in [0.4, 0.5) is 0 Å². The minimum atomic E-state index is -0.576. The Morgan fingerprint density at radius 2 is 2.04 bits per heavy atom. The second-order valence-electron chi connectivity index (χ2n) is 4.81. The molecular weight excluding hydrogens is 300 g/mol. The van der Waals surface area contributed by atoms with Gasteiger partial charge in [-0.3, -0.25) is 0 Å². The summed E-state index contributed by atoms with van der Waals surface area (Å²) in [5, 5.41) is 7.47. The Labute approximate surface area is 131 Å². The number of carbonyl (C=O) groups is 1. The van der Waals surface area contributed by atoms with Gasteiger partial charge in [0.1, 0.15) is 23.8 Å². The average Bonchev–Trinajstić information content (AvgIpc) is 3.22. The van der Waals surface area contributed by atoms with Gasteiger partial charge in [-0.15, -0.1) is 0 Å². The zero-order chi connectivity index (χ0) is 16.2. The summed E-state index contributed by atoms with van der Waals surface area (Å²) in [5.74, 6) is 1.24. The first-order valence-corrected chi connectivity index (χ1v) is 6.86. The highest BCUT2D eigenvalue weighted by Gasteiger charge is 2.14. The van der Waals surface area contributed by atoms with Crippen LogP contribution in [0, 0.1) is 6.92 Å². The Morgan fingerprint density at radius 3 is 2.78 bits per heavy atom. The van der Waals surface area contributed by atoms with Crippen LogP contribution in [0.25, 0.3) is 11.3 Å². The summed E-state index contributed by atoms with van der Waals surface area (Å²) in [6.07, 6.45) is 0. The maximum absolute atomic E-state index is 11.8. The third-order valence-corrected chi connectivity index (χ3v) is 3.10. The summed E-state index contributed by atoms with van der Waals surface area (Å²) < 4.78 is 20.4. The molecule has 3 rings (SSSR count). The summed E-state index contributed by atoms with van der Waals surface area (Å²) in [7, 11) is 1.59. The SMILES string of the molecule is COc1cccc(-c2cc(COC(=O)c3cc(C)on3)no2)c1. The van der Waals surface area contributed by atoms with E-state index in [4.69, 9.17) is 18.5 Å². The van der Waals surface area contributed by atoms with Crippen molar-refractivity contribution in [3.05, 3.63) is 53.5 Å². The van der Waals surface area contributed by atoms with Crippen molar-refractivity contribution in [1.82, 2.24) is 10.3 Å². The zero-order valence-electron chi connectivity index (χ0n) is 12.6. The topological polar surface area (TPSA) is 87.6 Å². The first-order valence-electron chi connectivity index (χ1n) is 6.86. The van der Waals surface area contributed by atoms with E-state index in [9.17, 15) is 4.79 Å². The minimum absolute atomic E-state index is 0.0157. The van der Waals surface area contributed by atoms with Crippen molar-refractivity contribution >= 4 is 5.97 Å². The molecule has 0 aliphatic heterocycles. The van der Waals surface area contributed by atoms with Crippen LogP contribution in [-0.4, -0.2) is 23.4 Å². The van der Waals surface area contributed by atoms with Crippen LogP contribution >= 0.6 is 0 Å². The van der Waals surface area contributed by atoms with Crippen LogP contribution in [0.1, 0.15) is 21.9 Å². The number of benzene rings is 1. The Morgan fingerprint density at radius 1 is 1.17 bits per heavy atom. The molecule has 7 nitrogen and oxygen atoms in total. The quantitative estimate of drug-likeness (QED) is 0.669. The van der Waals surface area contributed by atoms with Crippen molar-refractivity contribution in [3.8, 4) is 17.1 Å². The first-order chi connectivity index (χ1) is 11.2. The van der Waals surface area contributed by atoms with Crippen molar-refractivity contribution in [2.24, 2.45) is 0 Å². The molecule has 0 aliphatic rings.